The average Bonchev–Trinajstić information content (AvgIpc) is 2.89. The molecule has 0 N–H and O–H groups in total. The third kappa shape index (κ3) is 7.97. The van der Waals surface area contributed by atoms with Crippen molar-refractivity contribution in [3.63, 3.8) is 0 Å². The molecule has 0 aliphatic heterocycles. The van der Waals surface area contributed by atoms with Crippen LogP contribution in [0.1, 0.15) is 81.8 Å². The lowest BCUT2D eigenvalue weighted by Gasteiger charge is -2.18. The molecule has 0 saturated carbocycles. The van der Waals surface area contributed by atoms with E-state index in [0.717, 1.165) is 48.1 Å². The predicted octanol–water partition coefficient (Wildman–Crippen LogP) is 8.41. The molecule has 3 aromatic rings. The van der Waals surface area contributed by atoms with Crippen molar-refractivity contribution in [1.29, 1.82) is 0 Å². The number of unbranched alkanes of at least 4 members (excludes halogenated alkanes) is 1. The molecule has 186 valence electrons. The van der Waals surface area contributed by atoms with Crippen LogP contribution >= 0.6 is 0 Å². The molecule has 4 nitrogen and oxygen atoms in total. The molecule has 2 atom stereocenters. The van der Waals surface area contributed by atoms with E-state index in [1.165, 1.54) is 6.42 Å². The van der Waals surface area contributed by atoms with Crippen molar-refractivity contribution in [2.45, 2.75) is 72.0 Å². The molecule has 0 aliphatic rings. The summed E-state index contributed by atoms with van der Waals surface area (Å²) in [6, 6.07) is 23.1. The molecule has 3 rings (SSSR count). The van der Waals surface area contributed by atoms with E-state index in [0.29, 0.717) is 17.9 Å². The molecule has 2 unspecified atom stereocenters. The quantitative estimate of drug-likeness (QED) is 0.184. The van der Waals surface area contributed by atoms with Gasteiger partial charge in [0.25, 0.3) is 0 Å². The molecule has 0 heterocycles. The molecular weight excluding hydrogens is 436 g/mol. The normalized spacial score (nSPS) is 12.7. The van der Waals surface area contributed by atoms with Crippen LogP contribution in [-0.4, -0.2) is 18.7 Å². The van der Waals surface area contributed by atoms with Crippen molar-refractivity contribution in [3.8, 4) is 22.6 Å². The van der Waals surface area contributed by atoms with Crippen LogP contribution in [0.5, 0.6) is 11.5 Å². The Kier molecular flexibility index (Phi) is 10.4. The fourth-order valence-corrected chi connectivity index (χ4v) is 4.05. The smallest absolute Gasteiger partial charge is 0.343 e. The second-order valence-corrected chi connectivity index (χ2v) is 8.83. The summed E-state index contributed by atoms with van der Waals surface area (Å²) in [7, 11) is 0. The molecule has 0 amide bonds. The minimum absolute atomic E-state index is 0.0747. The van der Waals surface area contributed by atoms with Gasteiger partial charge in [0, 0.05) is 6.61 Å². The van der Waals surface area contributed by atoms with Gasteiger partial charge < -0.3 is 14.2 Å². The molecule has 3 aromatic carbocycles. The average molecular weight is 475 g/mol. The monoisotopic (exact) mass is 474 g/mol. The van der Waals surface area contributed by atoms with Crippen molar-refractivity contribution >= 4 is 5.97 Å². The van der Waals surface area contributed by atoms with Crippen molar-refractivity contribution in [2.24, 2.45) is 0 Å². The first kappa shape index (κ1) is 26.5. The molecule has 0 aromatic heterocycles. The highest BCUT2D eigenvalue weighted by molar-refractivity contribution is 5.91. The zero-order valence-electron chi connectivity index (χ0n) is 21.5. The third-order valence-electron chi connectivity index (χ3n) is 6.08. The second kappa shape index (κ2) is 13.7. The Morgan fingerprint density at radius 2 is 1.34 bits per heavy atom. The van der Waals surface area contributed by atoms with Crippen LogP contribution in [0.3, 0.4) is 0 Å². The van der Waals surface area contributed by atoms with Gasteiger partial charge in [-0.2, -0.15) is 0 Å². The number of ether oxygens (including phenoxy) is 3. The van der Waals surface area contributed by atoms with E-state index in [2.05, 4.69) is 45.0 Å². The molecule has 0 radical (unpaired) electrons. The van der Waals surface area contributed by atoms with E-state index in [1.807, 2.05) is 31.2 Å². The van der Waals surface area contributed by atoms with E-state index < -0.39 is 0 Å². The fraction of sp³-hybridized carbons (Fsp3) is 0.387. The summed E-state index contributed by atoms with van der Waals surface area (Å²) in [5.74, 6) is 0.939. The summed E-state index contributed by atoms with van der Waals surface area (Å²) in [5, 5.41) is 0. The number of benzene rings is 3. The van der Waals surface area contributed by atoms with Crippen LogP contribution < -0.4 is 9.47 Å². The molecule has 0 bridgehead atoms. The van der Waals surface area contributed by atoms with E-state index in [-0.39, 0.29) is 18.2 Å². The van der Waals surface area contributed by atoms with Gasteiger partial charge in [0.1, 0.15) is 11.5 Å². The van der Waals surface area contributed by atoms with Crippen molar-refractivity contribution < 1.29 is 19.0 Å². The second-order valence-electron chi connectivity index (χ2n) is 8.83. The van der Waals surface area contributed by atoms with Crippen LogP contribution in [0, 0.1) is 0 Å². The first-order chi connectivity index (χ1) is 17.0. The fourth-order valence-electron chi connectivity index (χ4n) is 4.05. The van der Waals surface area contributed by atoms with Gasteiger partial charge in [-0.05, 0) is 79.8 Å². The van der Waals surface area contributed by atoms with Crippen molar-refractivity contribution in [1.82, 2.24) is 0 Å². The number of hydrogen-bond donors (Lipinski definition) is 0. The lowest BCUT2D eigenvalue weighted by atomic mass is 10.0. The number of carbonyl (C=O) groups is 1. The number of esters is 1. The van der Waals surface area contributed by atoms with Crippen LogP contribution in [0.4, 0.5) is 0 Å². The molecule has 35 heavy (non-hydrogen) atoms. The Morgan fingerprint density at radius 3 is 1.91 bits per heavy atom. The SMILES string of the molecule is CCCCC(CCC)Oc1ccc(OC(=O)c2ccc(-c3ccc(C(C)OCC)cc3)cc2)cc1. The van der Waals surface area contributed by atoms with Gasteiger partial charge in [0.05, 0.1) is 17.8 Å². The highest BCUT2D eigenvalue weighted by Gasteiger charge is 2.12. The number of carbonyl (C=O) groups excluding carboxylic acids is 1. The maximum absolute atomic E-state index is 12.6. The van der Waals surface area contributed by atoms with E-state index in [1.54, 1.807) is 24.3 Å². The van der Waals surface area contributed by atoms with Gasteiger partial charge in [-0.3, -0.25) is 0 Å². The van der Waals surface area contributed by atoms with Crippen LogP contribution in [0.15, 0.2) is 72.8 Å². The number of hydrogen-bond acceptors (Lipinski definition) is 4. The Balaban J connectivity index is 1.58. The van der Waals surface area contributed by atoms with E-state index in [9.17, 15) is 4.79 Å². The summed E-state index contributed by atoms with van der Waals surface area (Å²) in [5.41, 5.74) is 3.80. The minimum Gasteiger partial charge on any atom is -0.490 e. The van der Waals surface area contributed by atoms with Gasteiger partial charge in [0.2, 0.25) is 0 Å². The Hall–Kier alpha value is -3.11. The molecule has 0 saturated heterocycles. The summed E-state index contributed by atoms with van der Waals surface area (Å²) < 4.78 is 17.4. The lowest BCUT2D eigenvalue weighted by Crippen LogP contribution is -2.16. The first-order valence-electron chi connectivity index (χ1n) is 12.8. The predicted molar refractivity (Wildman–Crippen MR) is 142 cm³/mol. The Labute approximate surface area is 210 Å². The zero-order chi connectivity index (χ0) is 25.0. The molecule has 0 spiro atoms. The molecule has 4 heteroatoms. The lowest BCUT2D eigenvalue weighted by molar-refractivity contribution is 0.0734. The topological polar surface area (TPSA) is 44.8 Å². The maximum atomic E-state index is 12.6. The standard InChI is InChI=1S/C31H38O4/c1-5-8-10-28(9-6-2)34-29-19-21-30(22-20-29)35-31(32)27-17-15-26(16-18-27)25-13-11-24(12-14-25)23(4)33-7-3/h11-23,28H,5-10H2,1-4H3. The van der Waals surface area contributed by atoms with Crippen LogP contribution in [0.2, 0.25) is 0 Å². The Bertz CT molecular complexity index is 1020. The number of rotatable bonds is 13. The van der Waals surface area contributed by atoms with E-state index in [4.69, 9.17) is 14.2 Å². The summed E-state index contributed by atoms with van der Waals surface area (Å²) in [4.78, 5) is 12.6. The van der Waals surface area contributed by atoms with Crippen molar-refractivity contribution in [3.05, 3.63) is 83.9 Å². The molecular formula is C31H38O4. The van der Waals surface area contributed by atoms with E-state index >= 15 is 0 Å². The van der Waals surface area contributed by atoms with Crippen molar-refractivity contribution in [2.75, 3.05) is 6.61 Å². The Morgan fingerprint density at radius 1 is 0.743 bits per heavy atom. The van der Waals surface area contributed by atoms with Gasteiger partial charge >= 0.3 is 5.97 Å². The minimum atomic E-state index is -0.377. The summed E-state index contributed by atoms with van der Waals surface area (Å²) >= 11 is 0. The van der Waals surface area contributed by atoms with Crippen LogP contribution in [-0.2, 0) is 4.74 Å². The van der Waals surface area contributed by atoms with Gasteiger partial charge in [-0.25, -0.2) is 4.79 Å². The largest absolute Gasteiger partial charge is 0.490 e. The summed E-state index contributed by atoms with van der Waals surface area (Å²) in [6.07, 6.45) is 5.84. The summed E-state index contributed by atoms with van der Waals surface area (Å²) in [6.45, 7) is 9.12. The highest BCUT2D eigenvalue weighted by atomic mass is 16.5. The first-order valence-corrected chi connectivity index (χ1v) is 12.8. The van der Waals surface area contributed by atoms with Gasteiger partial charge in [-0.1, -0.05) is 69.5 Å². The third-order valence-corrected chi connectivity index (χ3v) is 6.08. The zero-order valence-corrected chi connectivity index (χ0v) is 21.5. The van der Waals surface area contributed by atoms with Gasteiger partial charge in [0.15, 0.2) is 0 Å². The maximum Gasteiger partial charge on any atom is 0.343 e. The highest BCUT2D eigenvalue weighted by Crippen LogP contribution is 2.25. The molecule has 0 aliphatic carbocycles. The van der Waals surface area contributed by atoms with Crippen LogP contribution in [0.25, 0.3) is 11.1 Å². The molecule has 0 fully saturated rings. The van der Waals surface area contributed by atoms with Gasteiger partial charge in [-0.15, -0.1) is 0 Å².